The Morgan fingerprint density at radius 2 is 1.32 bits per heavy atom. The first kappa shape index (κ1) is 58.1. The van der Waals surface area contributed by atoms with E-state index >= 15 is 0 Å². The average Bonchev–Trinajstić information content (AvgIpc) is 3.48. The summed E-state index contributed by atoms with van der Waals surface area (Å²) in [5, 5.41) is 11.3. The molecule has 5 fully saturated rings. The highest BCUT2D eigenvalue weighted by Crippen LogP contribution is 2.59. The molecule has 4 saturated carbocycles. The Labute approximate surface area is 361 Å². The van der Waals surface area contributed by atoms with Gasteiger partial charge in [0.25, 0.3) is 0 Å². The van der Waals surface area contributed by atoms with Crippen molar-refractivity contribution in [1.29, 1.82) is 0 Å². The molecule has 5 aliphatic rings. The zero-order valence-corrected chi connectivity index (χ0v) is 33.6. The van der Waals surface area contributed by atoms with Crippen LogP contribution in [0.4, 0.5) is 0 Å². The second-order valence-electron chi connectivity index (χ2n) is 19.1. The molecule has 1 aliphatic heterocycles. The van der Waals surface area contributed by atoms with Crippen LogP contribution in [0.25, 0.3) is 0 Å². The summed E-state index contributed by atoms with van der Waals surface area (Å²) in [5.74, 6) is -0.732. The maximum atomic E-state index is 14.2. The van der Waals surface area contributed by atoms with E-state index in [1.807, 2.05) is 60.6 Å². The van der Waals surface area contributed by atoms with E-state index in [9.17, 15) is 24.3 Å². The molecule has 7 atom stereocenters. The molecule has 4 aliphatic carbocycles. The van der Waals surface area contributed by atoms with Crippen LogP contribution in [0, 0.1) is 28.1 Å². The fourth-order valence-electron chi connectivity index (χ4n) is 9.75. The van der Waals surface area contributed by atoms with E-state index in [4.69, 9.17) is 18.9 Å². The number of hydrogen-bond donors (Lipinski definition) is 1. The molecule has 4 bridgehead atoms. The number of ether oxygens (including phenoxy) is 4. The third-order valence-electron chi connectivity index (χ3n) is 13.3. The van der Waals surface area contributed by atoms with Gasteiger partial charge in [0, 0.05) is 25.2 Å². The van der Waals surface area contributed by atoms with Crippen LogP contribution in [0.1, 0.15) is 208 Å². The van der Waals surface area contributed by atoms with Crippen LogP contribution in [0.5, 0.6) is 0 Å². The molecular weight excluding hydrogens is 747 g/mol. The first-order valence-electron chi connectivity index (χ1n) is 20.2. The normalized spacial score (nSPS) is 27.3. The van der Waals surface area contributed by atoms with Gasteiger partial charge in [-0.15, -0.1) is 0 Å². The van der Waals surface area contributed by atoms with E-state index in [0.717, 1.165) is 44.9 Å². The summed E-state index contributed by atoms with van der Waals surface area (Å²) in [4.78, 5) is 59.0. The Balaban J connectivity index is 0. The lowest BCUT2D eigenvalue weighted by atomic mass is 9.52. The number of aromatic nitrogens is 1. The Morgan fingerprint density at radius 1 is 0.797 bits per heavy atom. The molecular formula is C49H89NO9. The highest BCUT2D eigenvalue weighted by Gasteiger charge is 2.60. The second-order valence-corrected chi connectivity index (χ2v) is 19.1. The minimum atomic E-state index is -1.13. The van der Waals surface area contributed by atoms with Crippen LogP contribution in [-0.2, 0) is 38.1 Å². The highest BCUT2D eigenvalue weighted by atomic mass is 16.6. The lowest BCUT2D eigenvalue weighted by Gasteiger charge is -2.59. The summed E-state index contributed by atoms with van der Waals surface area (Å²) in [5.41, 5.74) is -3.88. The minimum absolute atomic E-state index is 0. The number of cyclic esters (lactones) is 1. The summed E-state index contributed by atoms with van der Waals surface area (Å²) >= 11 is 0. The fourth-order valence-corrected chi connectivity index (χ4v) is 9.75. The molecule has 0 radical (unpaired) electrons. The molecule has 0 aromatic carbocycles. The summed E-state index contributed by atoms with van der Waals surface area (Å²) < 4.78 is 23.4. The maximum absolute atomic E-state index is 14.2. The van der Waals surface area contributed by atoms with E-state index in [1.165, 1.54) is 5.56 Å². The van der Waals surface area contributed by atoms with Gasteiger partial charge in [-0.1, -0.05) is 58.4 Å². The number of aliphatic hydroxyl groups is 1. The molecule has 10 nitrogen and oxygen atoms in total. The quantitative estimate of drug-likeness (QED) is 0.119. The molecule has 1 aromatic heterocycles. The van der Waals surface area contributed by atoms with E-state index in [1.54, 1.807) is 12.4 Å². The fraction of sp³-hybridized carbons (Fsp3) is 0.816. The van der Waals surface area contributed by atoms with Crippen molar-refractivity contribution in [3.05, 3.63) is 30.1 Å². The summed E-state index contributed by atoms with van der Waals surface area (Å²) in [6.07, 6.45) is 11.6. The van der Waals surface area contributed by atoms with Crippen molar-refractivity contribution in [3.63, 3.8) is 0 Å². The monoisotopic (exact) mass is 836 g/mol. The third-order valence-corrected chi connectivity index (χ3v) is 13.3. The van der Waals surface area contributed by atoms with E-state index < -0.39 is 51.1 Å². The van der Waals surface area contributed by atoms with Gasteiger partial charge in [-0.05, 0) is 160 Å². The first-order valence-corrected chi connectivity index (χ1v) is 20.2. The van der Waals surface area contributed by atoms with Crippen molar-refractivity contribution in [2.45, 2.75) is 225 Å². The molecule has 0 amide bonds. The number of rotatable bonds is 17. The smallest absolute Gasteiger partial charge is 0.347 e. The summed E-state index contributed by atoms with van der Waals surface area (Å²) in [6, 6.07) is 4.03. The molecule has 0 spiro atoms. The van der Waals surface area contributed by atoms with E-state index in [0.29, 0.717) is 50.4 Å². The topological polar surface area (TPSA) is 138 Å². The number of carbonyl (C=O) groups excluding carboxylic acids is 4. The predicted octanol–water partition coefficient (Wildman–Crippen LogP) is 12.0. The Kier molecular flexibility index (Phi) is 21.8. The summed E-state index contributed by atoms with van der Waals surface area (Å²) in [6.45, 7) is 15.5. The molecule has 1 saturated heterocycles. The van der Waals surface area contributed by atoms with Crippen molar-refractivity contribution in [2.24, 2.45) is 28.1 Å². The van der Waals surface area contributed by atoms with Crippen molar-refractivity contribution >= 4 is 23.9 Å². The maximum Gasteiger partial charge on any atom is 0.347 e. The van der Waals surface area contributed by atoms with Gasteiger partial charge in [-0.3, -0.25) is 19.4 Å². The van der Waals surface area contributed by atoms with Crippen molar-refractivity contribution < 1.29 is 43.2 Å². The number of hydrogen-bond acceptors (Lipinski definition) is 10. The Morgan fingerprint density at radius 3 is 1.78 bits per heavy atom. The molecule has 1 aromatic rings. The van der Waals surface area contributed by atoms with Crippen LogP contribution in [0.3, 0.4) is 0 Å². The predicted molar refractivity (Wildman–Crippen MR) is 240 cm³/mol. The second kappa shape index (κ2) is 22.2. The van der Waals surface area contributed by atoms with Crippen LogP contribution in [0.2, 0.25) is 0 Å². The van der Waals surface area contributed by atoms with Crippen LogP contribution in [-0.4, -0.2) is 63.5 Å². The molecule has 2 heterocycles. The van der Waals surface area contributed by atoms with Gasteiger partial charge < -0.3 is 24.1 Å². The highest BCUT2D eigenvalue weighted by molar-refractivity contribution is 5.83. The van der Waals surface area contributed by atoms with Crippen molar-refractivity contribution in [1.82, 2.24) is 4.98 Å². The van der Waals surface area contributed by atoms with Crippen molar-refractivity contribution in [2.75, 3.05) is 6.61 Å². The standard InChI is InChI=1S/C43H65NO9.6CH4/c1-9-31(32-12-20-44-21-13-32)11-15-40(7,37(48)52-38(3,4)5)18-19-41(8,35(46)51-33-14-22-50-34(33)45)17-16-39(6,10-2)36(47)53-43-26-29-23-30(27-43)25-42(49,24-29)28-43;;;;;;/h12-13,20-21,29-31,33,49H,9-11,14-19,22-28H2,1-8H3;6*1H4. The minimum Gasteiger partial charge on any atom is -0.463 e. The number of carbonyl (C=O) groups is 4. The number of esters is 4. The van der Waals surface area contributed by atoms with Crippen molar-refractivity contribution in [3.8, 4) is 0 Å². The molecule has 10 heteroatoms. The van der Waals surface area contributed by atoms with Crippen LogP contribution < -0.4 is 0 Å². The van der Waals surface area contributed by atoms with Gasteiger partial charge in [0.05, 0.1) is 28.5 Å². The molecule has 1 N–H and O–H groups in total. The average molecular weight is 836 g/mol. The van der Waals surface area contributed by atoms with Crippen LogP contribution in [0.15, 0.2) is 24.5 Å². The SMILES string of the molecule is C.C.C.C.C.C.CCC(CCC(C)(CCC(C)(CCC(C)(CC)C(=O)OC12CC3CC(CC(O)(C3)C1)C2)C(=O)OC1CCOC1=O)C(=O)OC(C)(C)C)c1ccncc1. The van der Waals surface area contributed by atoms with E-state index in [2.05, 4.69) is 11.9 Å². The van der Waals surface area contributed by atoms with Crippen LogP contribution >= 0.6 is 0 Å². The number of nitrogens with zero attached hydrogens (tertiary/aromatic N) is 1. The Bertz CT molecular complexity index is 1480. The number of pyridine rings is 1. The van der Waals surface area contributed by atoms with Gasteiger partial charge in [0.15, 0.2) is 0 Å². The first-order chi connectivity index (χ1) is 24.7. The molecule has 344 valence electrons. The third kappa shape index (κ3) is 13.7. The zero-order valence-electron chi connectivity index (χ0n) is 33.6. The lowest BCUT2D eigenvalue weighted by Crippen LogP contribution is -2.61. The zero-order chi connectivity index (χ0) is 38.9. The van der Waals surface area contributed by atoms with Gasteiger partial charge in [-0.25, -0.2) is 4.79 Å². The lowest BCUT2D eigenvalue weighted by molar-refractivity contribution is -0.226. The summed E-state index contributed by atoms with van der Waals surface area (Å²) in [7, 11) is 0. The molecule has 6 rings (SSSR count). The van der Waals surface area contributed by atoms with E-state index in [-0.39, 0.29) is 81.9 Å². The van der Waals surface area contributed by atoms with Gasteiger partial charge in [0.1, 0.15) is 11.2 Å². The Hall–Kier alpha value is -3.01. The molecule has 59 heavy (non-hydrogen) atoms. The van der Waals surface area contributed by atoms with Gasteiger partial charge in [-0.2, -0.15) is 0 Å². The molecule has 7 unspecified atom stereocenters. The van der Waals surface area contributed by atoms with Gasteiger partial charge in [0.2, 0.25) is 6.10 Å². The largest absolute Gasteiger partial charge is 0.463 e. The van der Waals surface area contributed by atoms with Gasteiger partial charge >= 0.3 is 23.9 Å².